The summed E-state index contributed by atoms with van der Waals surface area (Å²) in [5.74, 6) is 0. The third kappa shape index (κ3) is 2.99. The smallest absolute Gasteiger partial charge is 0.120 e. The molecule has 0 amide bonds. The Morgan fingerprint density at radius 2 is 0.621 bits per heavy atom. The summed E-state index contributed by atoms with van der Waals surface area (Å²) in [5.41, 5.74) is 3.88. The van der Waals surface area contributed by atoms with Crippen molar-refractivity contribution < 1.29 is 4.74 Å². The molecule has 142 valence electrons. The first-order chi connectivity index (χ1) is 14.3. The summed E-state index contributed by atoms with van der Waals surface area (Å²) in [4.78, 5) is 0. The second kappa shape index (κ2) is 7.35. The highest BCUT2D eigenvalue weighted by molar-refractivity contribution is 5.44. The number of benzene rings is 4. The van der Waals surface area contributed by atoms with Gasteiger partial charge in [-0.15, -0.1) is 0 Å². The van der Waals surface area contributed by atoms with Crippen LogP contribution in [0, 0.1) is 0 Å². The first kappa shape index (κ1) is 17.9. The van der Waals surface area contributed by atoms with Gasteiger partial charge in [-0.25, -0.2) is 0 Å². The predicted octanol–water partition coefficient (Wildman–Crippen LogP) is 6.68. The van der Waals surface area contributed by atoms with Crippen LogP contribution in [-0.2, 0) is 15.9 Å². The minimum atomic E-state index is -0.478. The van der Waals surface area contributed by atoms with Gasteiger partial charge >= 0.3 is 0 Å². The molecule has 5 rings (SSSR count). The maximum Gasteiger partial charge on any atom is 0.120 e. The Morgan fingerprint density at radius 1 is 0.379 bits per heavy atom. The molecule has 4 aromatic rings. The number of ether oxygens (including phenoxy) is 1. The van der Waals surface area contributed by atoms with Crippen LogP contribution in [0.3, 0.4) is 0 Å². The molecule has 1 aliphatic heterocycles. The molecule has 1 aliphatic rings. The van der Waals surface area contributed by atoms with Crippen molar-refractivity contribution in [2.24, 2.45) is 0 Å². The van der Waals surface area contributed by atoms with E-state index in [-0.39, 0.29) is 0 Å². The van der Waals surface area contributed by atoms with Crippen molar-refractivity contribution in [3.8, 4) is 0 Å². The van der Waals surface area contributed by atoms with Crippen LogP contribution in [0.1, 0.15) is 35.1 Å². The second-order valence-electron chi connectivity index (χ2n) is 7.72. The molecule has 0 aliphatic carbocycles. The highest BCUT2D eigenvalue weighted by Gasteiger charge is 2.52. The van der Waals surface area contributed by atoms with E-state index in [0.29, 0.717) is 0 Å². The third-order valence-corrected chi connectivity index (χ3v) is 6.14. The van der Waals surface area contributed by atoms with Crippen LogP contribution in [-0.4, -0.2) is 0 Å². The summed E-state index contributed by atoms with van der Waals surface area (Å²) in [5, 5.41) is 0. The van der Waals surface area contributed by atoms with Crippen LogP contribution in [0.2, 0.25) is 0 Å². The summed E-state index contributed by atoms with van der Waals surface area (Å²) in [6, 6.07) is 42.7. The van der Waals surface area contributed by atoms with Gasteiger partial charge in [0.1, 0.15) is 11.2 Å². The Hall–Kier alpha value is -3.16. The largest absolute Gasteiger partial charge is 0.350 e. The van der Waals surface area contributed by atoms with Gasteiger partial charge in [0.05, 0.1) is 0 Å². The fraction of sp³-hybridized carbons (Fsp3) is 0.143. The van der Waals surface area contributed by atoms with E-state index in [0.717, 1.165) is 12.8 Å². The number of hydrogen-bond donors (Lipinski definition) is 0. The van der Waals surface area contributed by atoms with Crippen LogP contribution in [0.5, 0.6) is 0 Å². The van der Waals surface area contributed by atoms with Gasteiger partial charge in [0.25, 0.3) is 0 Å². The summed E-state index contributed by atoms with van der Waals surface area (Å²) in [6.07, 6.45) is 1.84. The van der Waals surface area contributed by atoms with E-state index in [4.69, 9.17) is 4.74 Å². The van der Waals surface area contributed by atoms with Crippen LogP contribution in [0.4, 0.5) is 0 Å². The Balaban J connectivity index is 1.72. The standard InChI is InChI=1S/C28H24O/c1-5-13-23(14-6-1)27(24-15-7-2-8-16-24)21-22-28(29-27,25-17-9-3-10-18-25)26-19-11-4-12-20-26/h1-20H,21-22H2. The maximum absolute atomic E-state index is 7.28. The zero-order valence-corrected chi connectivity index (χ0v) is 16.4. The highest BCUT2D eigenvalue weighted by atomic mass is 16.5. The van der Waals surface area contributed by atoms with Crippen molar-refractivity contribution in [2.45, 2.75) is 24.0 Å². The molecule has 0 aromatic heterocycles. The Bertz CT molecular complexity index is 888. The Morgan fingerprint density at radius 3 is 0.862 bits per heavy atom. The quantitative estimate of drug-likeness (QED) is 0.386. The van der Waals surface area contributed by atoms with Crippen molar-refractivity contribution in [1.82, 2.24) is 0 Å². The van der Waals surface area contributed by atoms with Gasteiger partial charge in [-0.2, -0.15) is 0 Å². The first-order valence-corrected chi connectivity index (χ1v) is 10.3. The molecule has 0 bridgehead atoms. The van der Waals surface area contributed by atoms with Crippen LogP contribution in [0.15, 0.2) is 121 Å². The van der Waals surface area contributed by atoms with Crippen molar-refractivity contribution >= 4 is 0 Å². The molecule has 0 spiro atoms. The molecule has 0 N–H and O–H groups in total. The zero-order chi connectivity index (χ0) is 19.6. The summed E-state index contributed by atoms with van der Waals surface area (Å²) < 4.78 is 7.28. The van der Waals surface area contributed by atoms with Gasteiger partial charge in [0, 0.05) is 0 Å². The zero-order valence-electron chi connectivity index (χ0n) is 16.4. The van der Waals surface area contributed by atoms with E-state index in [9.17, 15) is 0 Å². The molecule has 4 aromatic carbocycles. The molecule has 0 radical (unpaired) electrons. The molecule has 1 saturated heterocycles. The molecular formula is C28H24O. The van der Waals surface area contributed by atoms with Crippen molar-refractivity contribution in [1.29, 1.82) is 0 Å². The van der Waals surface area contributed by atoms with E-state index in [2.05, 4.69) is 121 Å². The average Bonchev–Trinajstić information content (AvgIpc) is 3.25. The monoisotopic (exact) mass is 376 g/mol. The lowest BCUT2D eigenvalue weighted by atomic mass is 9.81. The van der Waals surface area contributed by atoms with Gasteiger partial charge in [-0.3, -0.25) is 0 Å². The lowest BCUT2D eigenvalue weighted by Crippen LogP contribution is -2.34. The van der Waals surface area contributed by atoms with E-state index in [1.165, 1.54) is 22.3 Å². The van der Waals surface area contributed by atoms with Crippen molar-refractivity contribution in [3.05, 3.63) is 144 Å². The van der Waals surface area contributed by atoms with Gasteiger partial charge in [-0.05, 0) is 35.1 Å². The molecule has 1 heterocycles. The SMILES string of the molecule is c1ccc(C2(c3ccccc3)CCC(c3ccccc3)(c3ccccc3)O2)cc1. The van der Waals surface area contributed by atoms with Crippen LogP contribution in [0.25, 0.3) is 0 Å². The van der Waals surface area contributed by atoms with E-state index >= 15 is 0 Å². The lowest BCUT2D eigenvalue weighted by molar-refractivity contribution is -0.0681. The fourth-order valence-corrected chi connectivity index (χ4v) is 4.73. The maximum atomic E-state index is 7.28. The Kier molecular flexibility index (Phi) is 4.54. The number of rotatable bonds is 4. The van der Waals surface area contributed by atoms with Crippen LogP contribution < -0.4 is 0 Å². The molecule has 0 unspecified atom stereocenters. The first-order valence-electron chi connectivity index (χ1n) is 10.3. The molecule has 1 heteroatoms. The lowest BCUT2D eigenvalue weighted by Gasteiger charge is -2.37. The fourth-order valence-electron chi connectivity index (χ4n) is 4.73. The van der Waals surface area contributed by atoms with Crippen molar-refractivity contribution in [3.63, 3.8) is 0 Å². The number of hydrogen-bond acceptors (Lipinski definition) is 1. The predicted molar refractivity (Wildman–Crippen MR) is 118 cm³/mol. The average molecular weight is 376 g/mol. The molecule has 0 saturated carbocycles. The highest BCUT2D eigenvalue weighted by Crippen LogP contribution is 2.55. The third-order valence-electron chi connectivity index (χ3n) is 6.14. The molecule has 1 fully saturated rings. The summed E-state index contributed by atoms with van der Waals surface area (Å²) >= 11 is 0. The van der Waals surface area contributed by atoms with Gasteiger partial charge in [-0.1, -0.05) is 121 Å². The van der Waals surface area contributed by atoms with Crippen LogP contribution >= 0.6 is 0 Å². The summed E-state index contributed by atoms with van der Waals surface area (Å²) in [6.45, 7) is 0. The molecular weight excluding hydrogens is 352 g/mol. The van der Waals surface area contributed by atoms with Crippen molar-refractivity contribution in [2.75, 3.05) is 0 Å². The molecule has 29 heavy (non-hydrogen) atoms. The Labute approximate surface area is 172 Å². The van der Waals surface area contributed by atoms with Gasteiger partial charge in [0.15, 0.2) is 0 Å². The topological polar surface area (TPSA) is 9.23 Å². The summed E-state index contributed by atoms with van der Waals surface area (Å²) in [7, 11) is 0. The van der Waals surface area contributed by atoms with E-state index in [1.807, 2.05) is 0 Å². The molecule has 0 atom stereocenters. The van der Waals surface area contributed by atoms with Gasteiger partial charge < -0.3 is 4.74 Å². The van der Waals surface area contributed by atoms with E-state index in [1.54, 1.807) is 0 Å². The minimum absolute atomic E-state index is 0.478. The normalized spacial score (nSPS) is 17.1. The second-order valence-corrected chi connectivity index (χ2v) is 7.72. The minimum Gasteiger partial charge on any atom is -0.350 e. The molecule has 1 nitrogen and oxygen atoms in total. The van der Waals surface area contributed by atoms with Gasteiger partial charge in [0.2, 0.25) is 0 Å². The van der Waals surface area contributed by atoms with E-state index < -0.39 is 11.2 Å².